The molecule has 1 unspecified atom stereocenters. The molecule has 11 nitrogen and oxygen atoms in total. The van der Waals surface area contributed by atoms with Crippen molar-refractivity contribution in [1.29, 1.82) is 0 Å². The van der Waals surface area contributed by atoms with Gasteiger partial charge in [0.25, 0.3) is 10.1 Å². The van der Waals surface area contributed by atoms with Crippen molar-refractivity contribution in [3.63, 3.8) is 0 Å². The smallest absolute Gasteiger partial charge is 0.303 e. The van der Waals surface area contributed by atoms with Crippen molar-refractivity contribution in [3.05, 3.63) is 40.3 Å². The van der Waals surface area contributed by atoms with E-state index in [1.54, 1.807) is 0 Å². The SMILES string of the molecule is [N-]=[N+]=Nc1ccccc1C(CCC(=O)O)(N1C(=O)CCC1=O)S(=O)(=O)O. The van der Waals surface area contributed by atoms with Gasteiger partial charge in [0.1, 0.15) is 0 Å². The summed E-state index contributed by atoms with van der Waals surface area (Å²) in [6.45, 7) is 0. The van der Waals surface area contributed by atoms with Crippen molar-refractivity contribution in [2.75, 3.05) is 0 Å². The lowest BCUT2D eigenvalue weighted by Gasteiger charge is -2.38. The van der Waals surface area contributed by atoms with Crippen LogP contribution in [0.4, 0.5) is 5.69 Å². The van der Waals surface area contributed by atoms with Crippen LogP contribution in [-0.4, -0.2) is 40.8 Å². The predicted octanol–water partition coefficient (Wildman–Crippen LogP) is 1.68. The highest BCUT2D eigenvalue weighted by Gasteiger charge is 2.57. The lowest BCUT2D eigenvalue weighted by atomic mass is 9.97. The molecule has 0 aromatic heterocycles. The number of benzene rings is 1. The van der Waals surface area contributed by atoms with Gasteiger partial charge in [-0.2, -0.15) is 8.42 Å². The van der Waals surface area contributed by atoms with Gasteiger partial charge in [-0.3, -0.25) is 23.8 Å². The average Bonchev–Trinajstić information content (AvgIpc) is 2.88. The van der Waals surface area contributed by atoms with Crippen molar-refractivity contribution < 1.29 is 32.5 Å². The molecule has 138 valence electrons. The lowest BCUT2D eigenvalue weighted by Crippen LogP contribution is -2.54. The van der Waals surface area contributed by atoms with E-state index in [2.05, 4.69) is 10.0 Å². The van der Waals surface area contributed by atoms with E-state index in [1.165, 1.54) is 18.2 Å². The Bertz CT molecular complexity index is 907. The topological polar surface area (TPSA) is 178 Å². The van der Waals surface area contributed by atoms with Gasteiger partial charge in [-0.05, 0) is 5.53 Å². The van der Waals surface area contributed by atoms with Crippen LogP contribution in [0.1, 0.15) is 31.2 Å². The van der Waals surface area contributed by atoms with Crippen molar-refractivity contribution in [2.45, 2.75) is 30.6 Å². The van der Waals surface area contributed by atoms with Crippen molar-refractivity contribution >= 4 is 33.6 Å². The van der Waals surface area contributed by atoms with Crippen LogP contribution < -0.4 is 0 Å². The van der Waals surface area contributed by atoms with Gasteiger partial charge in [-0.15, -0.1) is 0 Å². The van der Waals surface area contributed by atoms with E-state index in [1.807, 2.05) is 0 Å². The summed E-state index contributed by atoms with van der Waals surface area (Å²) in [4.78, 5) is 35.8. The standard InChI is InChI=1S/C14H14N4O7S/c15-17-16-10-4-2-1-3-9(10)14(26(23,24)25,8-7-13(21)22)18-11(19)5-6-12(18)20/h1-4H,5-8H2,(H,21,22)(H,23,24,25). The number of aliphatic carboxylic acids is 1. The van der Waals surface area contributed by atoms with E-state index in [0.717, 1.165) is 6.07 Å². The molecule has 0 bridgehead atoms. The second-order valence-electron chi connectivity index (χ2n) is 5.48. The summed E-state index contributed by atoms with van der Waals surface area (Å²) < 4.78 is 34.7. The fourth-order valence-electron chi connectivity index (χ4n) is 2.95. The summed E-state index contributed by atoms with van der Waals surface area (Å²) in [6, 6.07) is 5.13. The number of azide groups is 1. The molecule has 26 heavy (non-hydrogen) atoms. The molecule has 1 fully saturated rings. The maximum atomic E-state index is 12.4. The van der Waals surface area contributed by atoms with Gasteiger partial charge in [0.05, 0.1) is 0 Å². The predicted molar refractivity (Wildman–Crippen MR) is 86.4 cm³/mol. The number of amides is 2. The monoisotopic (exact) mass is 382 g/mol. The van der Waals surface area contributed by atoms with E-state index in [0.29, 0.717) is 4.90 Å². The Morgan fingerprint density at radius 3 is 2.35 bits per heavy atom. The fourth-order valence-corrected chi connectivity index (χ4v) is 4.19. The van der Waals surface area contributed by atoms with E-state index >= 15 is 0 Å². The van der Waals surface area contributed by atoms with E-state index < -0.39 is 45.6 Å². The number of hydrogen-bond acceptors (Lipinski definition) is 6. The largest absolute Gasteiger partial charge is 0.481 e. The van der Waals surface area contributed by atoms with Crippen molar-refractivity contribution in [1.82, 2.24) is 4.90 Å². The van der Waals surface area contributed by atoms with E-state index in [-0.39, 0.29) is 24.1 Å². The third-order valence-corrected chi connectivity index (χ3v) is 5.45. The lowest BCUT2D eigenvalue weighted by molar-refractivity contribution is -0.145. The number of carboxylic acids is 1. The van der Waals surface area contributed by atoms with Crippen LogP contribution in [-0.2, 0) is 29.4 Å². The van der Waals surface area contributed by atoms with E-state index in [9.17, 15) is 27.4 Å². The number of carbonyl (C=O) groups excluding carboxylic acids is 2. The van der Waals surface area contributed by atoms with Crippen LogP contribution in [0.2, 0.25) is 0 Å². The highest BCUT2D eigenvalue weighted by molar-refractivity contribution is 7.86. The van der Waals surface area contributed by atoms with Crippen LogP contribution in [0.5, 0.6) is 0 Å². The molecule has 12 heteroatoms. The number of imide groups is 1. The molecule has 1 aromatic carbocycles. The maximum absolute atomic E-state index is 12.4. The van der Waals surface area contributed by atoms with Crippen molar-refractivity contribution in [2.24, 2.45) is 5.11 Å². The first kappa shape index (κ1) is 19.4. The summed E-state index contributed by atoms with van der Waals surface area (Å²) in [6.07, 6.45) is -2.15. The Hall–Kier alpha value is -2.95. The fraction of sp³-hybridized carbons (Fsp3) is 0.357. The summed E-state index contributed by atoms with van der Waals surface area (Å²) >= 11 is 0. The summed E-state index contributed by atoms with van der Waals surface area (Å²) in [5, 5.41) is 12.3. The average molecular weight is 382 g/mol. The molecule has 1 heterocycles. The quantitative estimate of drug-likeness (QED) is 0.237. The van der Waals surface area contributed by atoms with Gasteiger partial charge >= 0.3 is 5.97 Å². The molecule has 1 atom stereocenters. The molecule has 2 rings (SSSR count). The first-order chi connectivity index (χ1) is 12.1. The number of carboxylic acid groups (broad SMARTS) is 1. The molecule has 2 amide bonds. The molecule has 2 N–H and O–H groups in total. The maximum Gasteiger partial charge on any atom is 0.303 e. The number of hydrogen-bond donors (Lipinski definition) is 2. The molecule has 1 aliphatic rings. The van der Waals surface area contributed by atoms with Gasteiger partial charge in [0.15, 0.2) is 0 Å². The zero-order valence-corrected chi connectivity index (χ0v) is 14.1. The first-order valence-electron chi connectivity index (χ1n) is 7.34. The molecule has 0 aliphatic carbocycles. The molecular formula is C14H14N4O7S. The Labute approximate surface area is 147 Å². The Kier molecular flexibility index (Phi) is 5.30. The molecule has 0 saturated carbocycles. The van der Waals surface area contributed by atoms with Gasteiger partial charge in [0.2, 0.25) is 16.7 Å². The zero-order chi connectivity index (χ0) is 19.5. The van der Waals surface area contributed by atoms with Gasteiger partial charge < -0.3 is 5.11 Å². The van der Waals surface area contributed by atoms with Crippen LogP contribution in [0.25, 0.3) is 10.4 Å². The van der Waals surface area contributed by atoms with Crippen LogP contribution >= 0.6 is 0 Å². The highest BCUT2D eigenvalue weighted by Crippen LogP contribution is 2.45. The van der Waals surface area contributed by atoms with Crippen LogP contribution in [0, 0.1) is 0 Å². The molecule has 0 radical (unpaired) electrons. The normalized spacial score (nSPS) is 16.9. The Morgan fingerprint density at radius 2 is 1.85 bits per heavy atom. The minimum atomic E-state index is -5.23. The Morgan fingerprint density at radius 1 is 1.27 bits per heavy atom. The molecule has 0 spiro atoms. The second kappa shape index (κ2) is 7.12. The summed E-state index contributed by atoms with van der Waals surface area (Å²) in [7, 11) is -5.23. The second-order valence-corrected chi connectivity index (χ2v) is 7.11. The minimum Gasteiger partial charge on any atom is -0.481 e. The number of likely N-dealkylation sites (tertiary alicyclic amines) is 1. The van der Waals surface area contributed by atoms with Gasteiger partial charge in [0, 0.05) is 41.8 Å². The highest BCUT2D eigenvalue weighted by atomic mass is 32.2. The molecular weight excluding hydrogens is 368 g/mol. The Balaban J connectivity index is 2.88. The number of rotatable bonds is 7. The third-order valence-electron chi connectivity index (χ3n) is 3.99. The van der Waals surface area contributed by atoms with Crippen molar-refractivity contribution in [3.8, 4) is 0 Å². The number of carbonyl (C=O) groups is 3. The van der Waals surface area contributed by atoms with Gasteiger partial charge in [-0.1, -0.05) is 29.4 Å². The summed E-state index contributed by atoms with van der Waals surface area (Å²) in [5.41, 5.74) is 8.09. The van der Waals surface area contributed by atoms with E-state index in [4.69, 9.17) is 10.6 Å². The molecule has 1 saturated heterocycles. The van der Waals surface area contributed by atoms with Crippen LogP contribution in [0.3, 0.4) is 0 Å². The molecule has 1 aliphatic heterocycles. The van der Waals surface area contributed by atoms with Crippen LogP contribution in [0.15, 0.2) is 29.4 Å². The first-order valence-corrected chi connectivity index (χ1v) is 8.78. The minimum absolute atomic E-state index is 0.259. The number of nitrogens with zero attached hydrogens (tertiary/aromatic N) is 4. The summed E-state index contributed by atoms with van der Waals surface area (Å²) in [5.74, 6) is -3.17. The third kappa shape index (κ3) is 3.25. The zero-order valence-electron chi connectivity index (χ0n) is 13.3. The van der Waals surface area contributed by atoms with Gasteiger partial charge in [-0.25, -0.2) is 0 Å². The molecule has 1 aromatic rings.